The van der Waals surface area contributed by atoms with E-state index in [4.69, 9.17) is 4.74 Å². The van der Waals surface area contributed by atoms with E-state index < -0.39 is 0 Å². The molecule has 0 aromatic heterocycles. The molecule has 0 aliphatic heterocycles. The molecule has 1 aromatic rings. The first kappa shape index (κ1) is 20.1. The van der Waals surface area contributed by atoms with Crippen molar-refractivity contribution in [3.63, 3.8) is 0 Å². The maximum atomic E-state index is 6.24. The average molecular weight is 319 g/mol. The molecule has 0 spiro atoms. The Morgan fingerprint density at radius 1 is 0.652 bits per heavy atom. The first-order valence-electron chi connectivity index (χ1n) is 10.1. The van der Waals surface area contributed by atoms with E-state index in [2.05, 4.69) is 44.2 Å². The van der Waals surface area contributed by atoms with E-state index in [1.807, 2.05) is 0 Å². The zero-order valence-electron chi connectivity index (χ0n) is 15.6. The molecule has 23 heavy (non-hydrogen) atoms. The molecule has 0 bridgehead atoms. The zero-order valence-corrected chi connectivity index (χ0v) is 15.6. The summed E-state index contributed by atoms with van der Waals surface area (Å²) in [5.74, 6) is 1.04. The fraction of sp³-hybridized carbons (Fsp3) is 0.727. The summed E-state index contributed by atoms with van der Waals surface area (Å²) in [4.78, 5) is 0. The molecule has 1 nitrogen and oxygen atoms in total. The SMILES string of the molecule is CCCCCCCCCC(CCCCCC)Oc1ccccc1. The summed E-state index contributed by atoms with van der Waals surface area (Å²) in [5.41, 5.74) is 0. The number of para-hydroxylation sites is 1. The Balaban J connectivity index is 2.23. The van der Waals surface area contributed by atoms with Gasteiger partial charge in [-0.2, -0.15) is 0 Å². The number of hydrogen-bond donors (Lipinski definition) is 0. The van der Waals surface area contributed by atoms with Crippen LogP contribution >= 0.6 is 0 Å². The number of ether oxygens (including phenoxy) is 1. The minimum atomic E-state index is 0.407. The first-order valence-corrected chi connectivity index (χ1v) is 10.1. The van der Waals surface area contributed by atoms with E-state index in [1.54, 1.807) is 0 Å². The lowest BCUT2D eigenvalue weighted by Crippen LogP contribution is -2.16. The Kier molecular flexibility index (Phi) is 12.7. The third-order valence-corrected chi connectivity index (χ3v) is 4.56. The van der Waals surface area contributed by atoms with E-state index >= 15 is 0 Å². The summed E-state index contributed by atoms with van der Waals surface area (Å²) >= 11 is 0. The summed E-state index contributed by atoms with van der Waals surface area (Å²) in [6.45, 7) is 4.56. The molecule has 0 heterocycles. The van der Waals surface area contributed by atoms with Crippen LogP contribution in [0.25, 0.3) is 0 Å². The Bertz CT molecular complexity index is 346. The van der Waals surface area contributed by atoms with Crippen LogP contribution in [0, 0.1) is 0 Å². The summed E-state index contributed by atoms with van der Waals surface area (Å²) in [7, 11) is 0. The maximum absolute atomic E-state index is 6.24. The van der Waals surface area contributed by atoms with Gasteiger partial charge in [-0.05, 0) is 37.8 Å². The smallest absolute Gasteiger partial charge is 0.119 e. The summed E-state index contributed by atoms with van der Waals surface area (Å²) in [6.07, 6.45) is 17.8. The maximum Gasteiger partial charge on any atom is 0.119 e. The standard InChI is InChI=1S/C22H38O/c1-3-5-7-9-10-11-14-18-21(17-13-8-6-4-2)23-22-19-15-12-16-20-22/h12,15-16,19-21H,3-11,13-14,17-18H2,1-2H3. The largest absolute Gasteiger partial charge is 0.490 e. The molecular formula is C22H38O. The molecule has 0 amide bonds. The van der Waals surface area contributed by atoms with Gasteiger partial charge in [-0.25, -0.2) is 0 Å². The molecule has 1 heteroatoms. The van der Waals surface area contributed by atoms with Crippen LogP contribution < -0.4 is 4.74 Å². The third-order valence-electron chi connectivity index (χ3n) is 4.56. The fourth-order valence-corrected chi connectivity index (χ4v) is 3.08. The van der Waals surface area contributed by atoms with Gasteiger partial charge in [-0.3, -0.25) is 0 Å². The van der Waals surface area contributed by atoms with Crippen LogP contribution in [0.3, 0.4) is 0 Å². The van der Waals surface area contributed by atoms with Crippen LogP contribution in [0.2, 0.25) is 0 Å². The Labute approximate surface area is 144 Å². The summed E-state index contributed by atoms with van der Waals surface area (Å²) in [6, 6.07) is 10.4. The molecule has 0 saturated carbocycles. The van der Waals surface area contributed by atoms with Crippen molar-refractivity contribution < 1.29 is 4.74 Å². The molecule has 0 radical (unpaired) electrons. The second-order valence-electron chi connectivity index (χ2n) is 6.81. The van der Waals surface area contributed by atoms with Crippen molar-refractivity contribution in [2.45, 2.75) is 103 Å². The topological polar surface area (TPSA) is 9.23 Å². The van der Waals surface area contributed by atoms with E-state index in [-0.39, 0.29) is 0 Å². The van der Waals surface area contributed by atoms with E-state index in [0.717, 1.165) is 5.75 Å². The van der Waals surface area contributed by atoms with Crippen LogP contribution in [0.15, 0.2) is 30.3 Å². The lowest BCUT2D eigenvalue weighted by atomic mass is 10.0. The van der Waals surface area contributed by atoms with Gasteiger partial charge in [0.1, 0.15) is 5.75 Å². The predicted molar refractivity (Wildman–Crippen MR) is 102 cm³/mol. The van der Waals surface area contributed by atoms with Crippen molar-refractivity contribution in [3.05, 3.63) is 30.3 Å². The third kappa shape index (κ3) is 11.2. The summed E-state index contributed by atoms with van der Waals surface area (Å²) < 4.78 is 6.24. The lowest BCUT2D eigenvalue weighted by Gasteiger charge is -2.19. The second kappa shape index (κ2) is 14.6. The van der Waals surface area contributed by atoms with Crippen molar-refractivity contribution in [1.82, 2.24) is 0 Å². The van der Waals surface area contributed by atoms with Gasteiger partial charge in [-0.15, -0.1) is 0 Å². The highest BCUT2D eigenvalue weighted by Gasteiger charge is 2.10. The van der Waals surface area contributed by atoms with Gasteiger partial charge >= 0.3 is 0 Å². The Hall–Kier alpha value is -0.980. The van der Waals surface area contributed by atoms with Crippen molar-refractivity contribution >= 4 is 0 Å². The molecule has 132 valence electrons. The molecule has 1 rings (SSSR count). The molecule has 1 aromatic carbocycles. The molecule has 1 atom stereocenters. The highest BCUT2D eigenvalue weighted by atomic mass is 16.5. The monoisotopic (exact) mass is 318 g/mol. The molecule has 0 saturated heterocycles. The normalized spacial score (nSPS) is 12.3. The first-order chi connectivity index (χ1) is 11.4. The van der Waals surface area contributed by atoms with Gasteiger partial charge < -0.3 is 4.74 Å². The van der Waals surface area contributed by atoms with Gasteiger partial charge in [0.15, 0.2) is 0 Å². The lowest BCUT2D eigenvalue weighted by molar-refractivity contribution is 0.172. The van der Waals surface area contributed by atoms with Crippen molar-refractivity contribution in [2.24, 2.45) is 0 Å². The van der Waals surface area contributed by atoms with Crippen molar-refractivity contribution in [1.29, 1.82) is 0 Å². The quantitative estimate of drug-likeness (QED) is 0.303. The number of rotatable bonds is 15. The van der Waals surface area contributed by atoms with Gasteiger partial charge in [0.05, 0.1) is 6.10 Å². The van der Waals surface area contributed by atoms with E-state index in [0.29, 0.717) is 6.10 Å². The average Bonchev–Trinajstić information content (AvgIpc) is 2.58. The van der Waals surface area contributed by atoms with Gasteiger partial charge in [0, 0.05) is 0 Å². The molecule has 0 aliphatic carbocycles. The fourth-order valence-electron chi connectivity index (χ4n) is 3.08. The minimum Gasteiger partial charge on any atom is -0.490 e. The van der Waals surface area contributed by atoms with Crippen LogP contribution in [-0.4, -0.2) is 6.10 Å². The molecule has 1 unspecified atom stereocenters. The molecular weight excluding hydrogens is 280 g/mol. The number of hydrogen-bond acceptors (Lipinski definition) is 1. The van der Waals surface area contributed by atoms with Crippen LogP contribution in [0.4, 0.5) is 0 Å². The van der Waals surface area contributed by atoms with Crippen molar-refractivity contribution in [2.75, 3.05) is 0 Å². The highest BCUT2D eigenvalue weighted by molar-refractivity contribution is 5.21. The van der Waals surface area contributed by atoms with Gasteiger partial charge in [-0.1, -0.05) is 89.8 Å². The van der Waals surface area contributed by atoms with Gasteiger partial charge in [0.2, 0.25) is 0 Å². The van der Waals surface area contributed by atoms with Crippen LogP contribution in [-0.2, 0) is 0 Å². The Morgan fingerprint density at radius 2 is 1.13 bits per heavy atom. The van der Waals surface area contributed by atoms with Gasteiger partial charge in [0.25, 0.3) is 0 Å². The molecule has 0 fully saturated rings. The summed E-state index contributed by atoms with van der Waals surface area (Å²) in [5, 5.41) is 0. The Morgan fingerprint density at radius 3 is 1.70 bits per heavy atom. The van der Waals surface area contributed by atoms with E-state index in [9.17, 15) is 0 Å². The number of unbranched alkanes of at least 4 members (excludes halogenated alkanes) is 9. The number of benzene rings is 1. The predicted octanol–water partition coefficient (Wildman–Crippen LogP) is 7.55. The van der Waals surface area contributed by atoms with E-state index in [1.165, 1.54) is 83.5 Å². The zero-order chi connectivity index (χ0) is 16.6. The van der Waals surface area contributed by atoms with Crippen molar-refractivity contribution in [3.8, 4) is 5.75 Å². The van der Waals surface area contributed by atoms with Crippen LogP contribution in [0.1, 0.15) is 97.3 Å². The van der Waals surface area contributed by atoms with Crippen LogP contribution in [0.5, 0.6) is 5.75 Å². The minimum absolute atomic E-state index is 0.407. The second-order valence-corrected chi connectivity index (χ2v) is 6.81. The highest BCUT2D eigenvalue weighted by Crippen LogP contribution is 2.19. The molecule has 0 N–H and O–H groups in total. The molecule has 0 aliphatic rings.